The number of aromatic nitrogens is 1. The van der Waals surface area contributed by atoms with Gasteiger partial charge in [0.05, 0.1) is 0 Å². The predicted molar refractivity (Wildman–Crippen MR) is 47.9 cm³/mol. The summed E-state index contributed by atoms with van der Waals surface area (Å²) in [6.07, 6.45) is 6.13. The Balaban J connectivity index is 2.30. The fraction of sp³-hybridized carbons (Fsp3) is 0. The third kappa shape index (κ3) is 1.53. The van der Waals surface area contributed by atoms with Crippen LogP contribution < -0.4 is 3.74 Å². The Morgan fingerprint density at radius 2 is 1.91 bits per heavy atom. The molecule has 0 fully saturated rings. The van der Waals surface area contributed by atoms with Gasteiger partial charge in [0.15, 0.2) is 0 Å². The van der Waals surface area contributed by atoms with Crippen LogP contribution in [0.3, 0.4) is 0 Å². The van der Waals surface area contributed by atoms with Crippen molar-refractivity contribution in [3.05, 3.63) is 44.8 Å². The van der Waals surface area contributed by atoms with E-state index in [9.17, 15) is 0 Å². The van der Waals surface area contributed by atoms with Crippen molar-refractivity contribution in [3.8, 4) is 0 Å². The second-order valence-electron chi connectivity index (χ2n) is 2.20. The molecule has 1 aliphatic rings. The number of pyridine rings is 1. The van der Waals surface area contributed by atoms with Crippen LogP contribution >= 0.6 is 0 Å². The quantitative estimate of drug-likeness (QED) is 0.684. The topological polar surface area (TPSA) is 12.9 Å². The molecule has 1 radical (unpaired) electrons. The molecule has 0 saturated carbocycles. The van der Waals surface area contributed by atoms with Gasteiger partial charge >= 0.3 is 73.1 Å². The van der Waals surface area contributed by atoms with E-state index in [1.54, 1.807) is 0 Å². The van der Waals surface area contributed by atoms with Crippen molar-refractivity contribution in [2.75, 3.05) is 0 Å². The number of allylic oxidation sites excluding steroid dienone is 2. The Kier molecular flexibility index (Phi) is 2.07. The van der Waals surface area contributed by atoms with Crippen LogP contribution in [0.25, 0.3) is 0 Å². The molecule has 1 aromatic rings. The molecule has 0 N–H and O–H groups in total. The molecular formula is C9H8NTe. The van der Waals surface area contributed by atoms with E-state index >= 15 is 0 Å². The average molecular weight is 258 g/mol. The maximum atomic E-state index is 4.33. The van der Waals surface area contributed by atoms with Gasteiger partial charge in [-0.25, -0.2) is 0 Å². The summed E-state index contributed by atoms with van der Waals surface area (Å²) in [5, 5.41) is 0. The summed E-state index contributed by atoms with van der Waals surface area (Å²) in [4.78, 5) is 4.33. The molecule has 0 saturated heterocycles. The van der Waals surface area contributed by atoms with Gasteiger partial charge in [0, 0.05) is 0 Å². The Bertz CT molecular complexity index is 278. The molecule has 0 unspecified atom stereocenters. The molecule has 2 heterocycles. The molecule has 1 aromatic heterocycles. The van der Waals surface area contributed by atoms with E-state index in [0.29, 0.717) is 0 Å². The van der Waals surface area contributed by atoms with Crippen molar-refractivity contribution in [1.29, 1.82) is 0 Å². The van der Waals surface area contributed by atoms with Crippen molar-refractivity contribution in [1.82, 2.24) is 4.98 Å². The minimum absolute atomic E-state index is 1.21. The summed E-state index contributed by atoms with van der Waals surface area (Å²) in [7, 11) is 0. The van der Waals surface area contributed by atoms with E-state index in [4.69, 9.17) is 0 Å². The third-order valence-corrected chi connectivity index (χ3v) is 6.08. The molecule has 1 nitrogen and oxygen atoms in total. The minimum atomic E-state index is -1.21. The first-order chi connectivity index (χ1) is 5.47. The second-order valence-corrected chi connectivity index (χ2v) is 7.07. The molecule has 0 atom stereocenters. The molecule has 0 bridgehead atoms. The first-order valence-electron chi connectivity index (χ1n) is 3.45. The molecule has 0 amide bonds. The van der Waals surface area contributed by atoms with Crippen molar-refractivity contribution in [3.63, 3.8) is 0 Å². The summed E-state index contributed by atoms with van der Waals surface area (Å²) in [6.45, 7) is 0. The summed E-state index contributed by atoms with van der Waals surface area (Å²) in [5.41, 5.74) is 0. The van der Waals surface area contributed by atoms with Gasteiger partial charge in [-0.1, -0.05) is 0 Å². The fourth-order valence-corrected chi connectivity index (χ4v) is 4.66. The van der Waals surface area contributed by atoms with Crippen LogP contribution in [-0.2, 0) is 0 Å². The maximum absolute atomic E-state index is 4.33. The van der Waals surface area contributed by atoms with Crippen molar-refractivity contribution < 1.29 is 0 Å². The van der Waals surface area contributed by atoms with Gasteiger partial charge in [-0.2, -0.15) is 0 Å². The Hall–Kier alpha value is -0.580. The van der Waals surface area contributed by atoms with Crippen LogP contribution in [0.2, 0.25) is 0 Å². The number of hydrogen-bond acceptors (Lipinski definition) is 1. The fourth-order valence-electron chi connectivity index (χ4n) is 0.931. The molecule has 0 aromatic carbocycles. The van der Waals surface area contributed by atoms with E-state index in [-0.39, 0.29) is 0 Å². The normalized spacial score (nSPS) is 16.0. The zero-order chi connectivity index (χ0) is 7.52. The van der Waals surface area contributed by atoms with Crippen LogP contribution in [-0.4, -0.2) is 24.5 Å². The number of rotatable bonds is 1. The monoisotopic (exact) mass is 260 g/mol. The van der Waals surface area contributed by atoms with Crippen LogP contribution in [0.1, 0.15) is 0 Å². The van der Waals surface area contributed by atoms with Crippen molar-refractivity contribution in [2.24, 2.45) is 0 Å². The third-order valence-electron chi connectivity index (χ3n) is 1.44. The van der Waals surface area contributed by atoms with Crippen LogP contribution in [0.4, 0.5) is 0 Å². The van der Waals surface area contributed by atoms with Gasteiger partial charge in [0.25, 0.3) is 0 Å². The zero-order valence-corrected chi connectivity index (χ0v) is 8.30. The Morgan fingerprint density at radius 3 is 2.55 bits per heavy atom. The molecular weight excluding hydrogens is 250 g/mol. The Labute approximate surface area is 73.1 Å². The van der Waals surface area contributed by atoms with Crippen LogP contribution in [0.15, 0.2) is 44.8 Å². The molecule has 2 rings (SSSR count). The molecule has 1 aliphatic heterocycles. The van der Waals surface area contributed by atoms with E-state index in [1.807, 2.05) is 12.3 Å². The first-order valence-corrected chi connectivity index (χ1v) is 7.30. The van der Waals surface area contributed by atoms with Crippen LogP contribution in [0, 0.1) is 0 Å². The van der Waals surface area contributed by atoms with Gasteiger partial charge in [0.2, 0.25) is 0 Å². The molecule has 55 valence electrons. The molecule has 2 heteroatoms. The number of nitrogens with zero attached hydrogens (tertiary/aromatic N) is 1. The van der Waals surface area contributed by atoms with E-state index in [1.165, 1.54) is 3.74 Å². The molecule has 11 heavy (non-hydrogen) atoms. The summed E-state index contributed by atoms with van der Waals surface area (Å²) >= 11 is -1.21. The van der Waals surface area contributed by atoms with Crippen molar-refractivity contribution in [2.45, 2.75) is 0 Å². The summed E-state index contributed by atoms with van der Waals surface area (Å²) < 4.78 is 5.92. The first kappa shape index (κ1) is 7.09. The standard InChI is InChI=1S/C9H8NTe/c1-2-6-10-9(5-1)11-7-3-4-8-11/h1-8H. The average Bonchev–Trinajstić information content (AvgIpc) is 2.58. The van der Waals surface area contributed by atoms with E-state index < -0.39 is 19.6 Å². The predicted octanol–water partition coefficient (Wildman–Crippen LogP) is 0.988. The second kappa shape index (κ2) is 3.21. The van der Waals surface area contributed by atoms with Gasteiger partial charge in [-0.3, -0.25) is 0 Å². The van der Waals surface area contributed by atoms with E-state index in [0.717, 1.165) is 0 Å². The summed E-state index contributed by atoms with van der Waals surface area (Å²) in [6, 6.07) is 6.14. The number of hydrogen-bond donors (Lipinski definition) is 0. The van der Waals surface area contributed by atoms with Crippen LogP contribution in [0.5, 0.6) is 0 Å². The van der Waals surface area contributed by atoms with Crippen molar-refractivity contribution >= 4 is 23.3 Å². The van der Waals surface area contributed by atoms with E-state index in [2.05, 4.69) is 37.5 Å². The van der Waals surface area contributed by atoms with Gasteiger partial charge < -0.3 is 0 Å². The Morgan fingerprint density at radius 1 is 1.09 bits per heavy atom. The van der Waals surface area contributed by atoms with Gasteiger partial charge in [0.1, 0.15) is 0 Å². The molecule has 0 spiro atoms. The van der Waals surface area contributed by atoms with Gasteiger partial charge in [-0.05, 0) is 0 Å². The summed E-state index contributed by atoms with van der Waals surface area (Å²) in [5.74, 6) is 0. The zero-order valence-electron chi connectivity index (χ0n) is 5.97. The molecule has 0 aliphatic carbocycles. The SMILES string of the molecule is C1=C[Te](c2ccccn2)C=C1. The van der Waals surface area contributed by atoms with Gasteiger partial charge in [-0.15, -0.1) is 0 Å².